The van der Waals surface area contributed by atoms with E-state index in [1.165, 1.54) is 48.7 Å². The lowest BCUT2D eigenvalue weighted by Crippen LogP contribution is -1.93. The third-order valence-corrected chi connectivity index (χ3v) is 7.14. The van der Waals surface area contributed by atoms with Crippen LogP contribution in [0.2, 0.25) is 0 Å². The van der Waals surface area contributed by atoms with E-state index < -0.39 is 0 Å². The van der Waals surface area contributed by atoms with E-state index in [2.05, 4.69) is 120 Å². The van der Waals surface area contributed by atoms with Gasteiger partial charge in [0.25, 0.3) is 0 Å². The molecule has 6 aromatic carbocycles. The van der Waals surface area contributed by atoms with Gasteiger partial charge in [-0.15, -0.1) is 0 Å². The number of para-hydroxylation sites is 1. The van der Waals surface area contributed by atoms with Gasteiger partial charge in [-0.1, -0.05) is 72.8 Å². The molecule has 0 aliphatic carbocycles. The molecule has 0 N–H and O–H groups in total. The van der Waals surface area contributed by atoms with Crippen molar-refractivity contribution in [3.63, 3.8) is 0 Å². The molecule has 8 aromatic rings. The number of fused-ring (bicyclic) bond motifs is 9. The molecule has 0 saturated heterocycles. The van der Waals surface area contributed by atoms with Crippen LogP contribution in [-0.4, -0.2) is 4.57 Å². The first-order valence-electron chi connectivity index (χ1n) is 11.6. The number of rotatable bonds is 1. The number of aromatic nitrogens is 1. The Kier molecular flexibility index (Phi) is 3.42. The van der Waals surface area contributed by atoms with Crippen LogP contribution >= 0.6 is 0 Å². The summed E-state index contributed by atoms with van der Waals surface area (Å²) in [6.45, 7) is 0. The highest BCUT2D eigenvalue weighted by atomic mass is 16.3. The predicted octanol–water partition coefficient (Wildman–Crippen LogP) is 8.99. The molecule has 0 saturated carbocycles. The average molecular weight is 434 g/mol. The van der Waals surface area contributed by atoms with Gasteiger partial charge in [-0.05, 0) is 57.9 Å². The molecule has 34 heavy (non-hydrogen) atoms. The lowest BCUT2D eigenvalue weighted by atomic mass is 10.0. The van der Waals surface area contributed by atoms with Crippen molar-refractivity contribution < 1.29 is 4.42 Å². The third-order valence-electron chi connectivity index (χ3n) is 7.14. The van der Waals surface area contributed by atoms with E-state index in [0.717, 1.165) is 22.2 Å². The number of hydrogen-bond donors (Lipinski definition) is 0. The first-order valence-corrected chi connectivity index (χ1v) is 11.6. The SMILES string of the molecule is c1ccc2cc3c(cc2c1)c1ccccc1n3-c1ccc2c(c1)oc1ccc3ccccc3c12. The molecular weight excluding hydrogens is 414 g/mol. The van der Waals surface area contributed by atoms with E-state index in [9.17, 15) is 0 Å². The van der Waals surface area contributed by atoms with Crippen LogP contribution in [0, 0.1) is 0 Å². The molecule has 0 aliphatic rings. The van der Waals surface area contributed by atoms with E-state index >= 15 is 0 Å². The lowest BCUT2D eigenvalue weighted by molar-refractivity contribution is 0.669. The zero-order chi connectivity index (χ0) is 22.2. The quantitative estimate of drug-likeness (QED) is 0.253. The predicted molar refractivity (Wildman–Crippen MR) is 143 cm³/mol. The Morgan fingerprint density at radius 3 is 2.06 bits per heavy atom. The van der Waals surface area contributed by atoms with Crippen molar-refractivity contribution in [3.05, 3.63) is 115 Å². The Morgan fingerprint density at radius 1 is 0.441 bits per heavy atom. The smallest absolute Gasteiger partial charge is 0.137 e. The van der Waals surface area contributed by atoms with E-state index in [0.29, 0.717) is 0 Å². The number of benzene rings is 6. The summed E-state index contributed by atoms with van der Waals surface area (Å²) in [7, 11) is 0. The fraction of sp³-hybridized carbons (Fsp3) is 0. The van der Waals surface area contributed by atoms with Gasteiger partial charge in [0.15, 0.2) is 0 Å². The molecule has 2 aromatic heterocycles. The molecule has 158 valence electrons. The largest absolute Gasteiger partial charge is 0.456 e. The average Bonchev–Trinajstić information content (AvgIpc) is 3.42. The molecule has 0 unspecified atom stereocenters. The minimum Gasteiger partial charge on any atom is -0.456 e. The van der Waals surface area contributed by atoms with E-state index in [1.807, 2.05) is 0 Å². The van der Waals surface area contributed by atoms with Gasteiger partial charge in [-0.2, -0.15) is 0 Å². The van der Waals surface area contributed by atoms with Crippen molar-refractivity contribution in [2.45, 2.75) is 0 Å². The van der Waals surface area contributed by atoms with E-state index in [1.54, 1.807) is 0 Å². The van der Waals surface area contributed by atoms with Gasteiger partial charge < -0.3 is 8.98 Å². The van der Waals surface area contributed by atoms with Crippen LogP contribution in [0.25, 0.3) is 71.0 Å². The Morgan fingerprint density at radius 2 is 1.18 bits per heavy atom. The van der Waals surface area contributed by atoms with Gasteiger partial charge in [0, 0.05) is 33.3 Å². The maximum absolute atomic E-state index is 6.38. The Labute approximate surface area is 195 Å². The lowest BCUT2D eigenvalue weighted by Gasteiger charge is -2.08. The molecular formula is C32H19NO. The Balaban J connectivity index is 1.48. The fourth-order valence-corrected chi connectivity index (χ4v) is 5.61. The van der Waals surface area contributed by atoms with Crippen molar-refractivity contribution in [1.82, 2.24) is 4.57 Å². The van der Waals surface area contributed by atoms with Crippen molar-refractivity contribution in [2.24, 2.45) is 0 Å². The summed E-state index contributed by atoms with van der Waals surface area (Å²) in [5.74, 6) is 0. The topological polar surface area (TPSA) is 18.1 Å². The van der Waals surface area contributed by atoms with Crippen LogP contribution in [-0.2, 0) is 0 Å². The van der Waals surface area contributed by atoms with Gasteiger partial charge in [-0.3, -0.25) is 0 Å². The second-order valence-corrected chi connectivity index (χ2v) is 9.01. The first kappa shape index (κ1) is 17.9. The summed E-state index contributed by atoms with van der Waals surface area (Å²) in [6, 6.07) is 41.2. The normalized spacial score (nSPS) is 12.1. The first-order chi connectivity index (χ1) is 16.8. The highest BCUT2D eigenvalue weighted by Crippen LogP contribution is 2.38. The maximum Gasteiger partial charge on any atom is 0.137 e. The zero-order valence-corrected chi connectivity index (χ0v) is 18.3. The van der Waals surface area contributed by atoms with Crippen LogP contribution in [0.4, 0.5) is 0 Å². The monoisotopic (exact) mass is 433 g/mol. The fourth-order valence-electron chi connectivity index (χ4n) is 5.61. The molecule has 2 heteroatoms. The summed E-state index contributed by atoms with van der Waals surface area (Å²) in [5.41, 5.74) is 5.36. The van der Waals surface area contributed by atoms with E-state index in [4.69, 9.17) is 4.42 Å². The van der Waals surface area contributed by atoms with Crippen molar-refractivity contribution in [2.75, 3.05) is 0 Å². The molecule has 2 nitrogen and oxygen atoms in total. The van der Waals surface area contributed by atoms with Gasteiger partial charge in [0.1, 0.15) is 11.2 Å². The van der Waals surface area contributed by atoms with Gasteiger partial charge in [0.05, 0.1) is 11.0 Å². The maximum atomic E-state index is 6.38. The Hall–Kier alpha value is -4.56. The molecule has 0 atom stereocenters. The second kappa shape index (κ2) is 6.49. The molecule has 0 fully saturated rings. The minimum atomic E-state index is 0.913. The molecule has 0 spiro atoms. The molecule has 0 bridgehead atoms. The van der Waals surface area contributed by atoms with Gasteiger partial charge >= 0.3 is 0 Å². The van der Waals surface area contributed by atoms with E-state index in [-0.39, 0.29) is 0 Å². The van der Waals surface area contributed by atoms with Crippen LogP contribution < -0.4 is 0 Å². The Bertz CT molecular complexity index is 2070. The standard InChI is InChI=1S/C32H19NO/c1-2-9-22-18-29-27(17-21(22)8-1)25-11-5-6-12-28(25)33(29)23-14-15-26-31(19-23)34-30-16-13-20-7-3-4-10-24(20)32(26)30/h1-19H. The van der Waals surface area contributed by atoms with Crippen LogP contribution in [0.5, 0.6) is 0 Å². The van der Waals surface area contributed by atoms with Crippen molar-refractivity contribution in [1.29, 1.82) is 0 Å². The molecule has 2 heterocycles. The summed E-state index contributed by atoms with van der Waals surface area (Å²) >= 11 is 0. The number of furan rings is 1. The molecule has 8 rings (SSSR count). The highest BCUT2D eigenvalue weighted by molar-refractivity contribution is 6.19. The zero-order valence-electron chi connectivity index (χ0n) is 18.3. The van der Waals surface area contributed by atoms with Gasteiger partial charge in [-0.25, -0.2) is 0 Å². The number of hydrogen-bond acceptors (Lipinski definition) is 1. The number of nitrogens with zero attached hydrogens (tertiary/aromatic N) is 1. The van der Waals surface area contributed by atoms with Crippen LogP contribution in [0.3, 0.4) is 0 Å². The third kappa shape index (κ3) is 2.35. The summed E-state index contributed by atoms with van der Waals surface area (Å²) in [5, 5.41) is 9.84. The van der Waals surface area contributed by atoms with Gasteiger partial charge in [0.2, 0.25) is 0 Å². The molecule has 0 amide bonds. The van der Waals surface area contributed by atoms with Crippen LogP contribution in [0.1, 0.15) is 0 Å². The second-order valence-electron chi connectivity index (χ2n) is 9.01. The van der Waals surface area contributed by atoms with Crippen molar-refractivity contribution >= 4 is 65.3 Å². The summed E-state index contributed by atoms with van der Waals surface area (Å²) in [4.78, 5) is 0. The summed E-state index contributed by atoms with van der Waals surface area (Å²) in [6.07, 6.45) is 0. The molecule has 0 radical (unpaired) electrons. The molecule has 0 aliphatic heterocycles. The van der Waals surface area contributed by atoms with Crippen LogP contribution in [0.15, 0.2) is 120 Å². The summed E-state index contributed by atoms with van der Waals surface area (Å²) < 4.78 is 8.74. The minimum absolute atomic E-state index is 0.913. The highest BCUT2D eigenvalue weighted by Gasteiger charge is 2.16. The van der Waals surface area contributed by atoms with Crippen molar-refractivity contribution in [3.8, 4) is 5.69 Å².